The Morgan fingerprint density at radius 3 is 1.93 bits per heavy atom. The Hall–Kier alpha value is 0.260. The Morgan fingerprint density at radius 1 is 1.36 bits per heavy atom. The van der Waals surface area contributed by atoms with Crippen molar-refractivity contribution in [2.75, 3.05) is 0 Å². The minimum absolute atomic E-state index is 0.545. The minimum atomic E-state index is -4.75. The fraction of sp³-hybridized carbons (Fsp3) is 0.750. The van der Waals surface area contributed by atoms with Crippen molar-refractivity contribution in [2.45, 2.75) is 36.3 Å². The summed E-state index contributed by atoms with van der Waals surface area (Å²) in [5, 5.41) is 9.57. The van der Waals surface area contributed by atoms with Gasteiger partial charge < -0.3 is 5.11 Å². The Balaban J connectivity index is 5.18. The molecule has 0 aromatic heterocycles. The molecular weight excluding hydrogens is 284 g/mol. The molecule has 84 valence electrons. The molecule has 0 aliphatic carbocycles. The van der Waals surface area contributed by atoms with Gasteiger partial charge >= 0.3 is 6.18 Å². The molecule has 6 heteroatoms. The van der Waals surface area contributed by atoms with Crippen LogP contribution >= 0.6 is 27.5 Å². The van der Waals surface area contributed by atoms with Gasteiger partial charge in [0.15, 0.2) is 0 Å². The van der Waals surface area contributed by atoms with Gasteiger partial charge in [0.1, 0.15) is 5.60 Å². The molecule has 0 amide bonds. The Kier molecular flexibility index (Phi) is 4.10. The van der Waals surface area contributed by atoms with Crippen LogP contribution < -0.4 is 0 Å². The number of aliphatic hydroxyl groups is 1. The van der Waals surface area contributed by atoms with Crippen LogP contribution in [-0.2, 0) is 0 Å². The number of hydrogen-bond acceptors (Lipinski definition) is 1. The van der Waals surface area contributed by atoms with Crippen LogP contribution in [0.3, 0.4) is 0 Å². The first kappa shape index (κ1) is 14.3. The average molecular weight is 296 g/mol. The molecule has 0 rings (SSSR count). The van der Waals surface area contributed by atoms with Crippen LogP contribution in [0, 0.1) is 0 Å². The predicted molar refractivity (Wildman–Crippen MR) is 53.6 cm³/mol. The summed E-state index contributed by atoms with van der Waals surface area (Å²) >= 11 is 7.54. The predicted octanol–water partition coefficient (Wildman–Crippen LogP) is 3.60. The monoisotopic (exact) mass is 294 g/mol. The van der Waals surface area contributed by atoms with Crippen molar-refractivity contribution in [1.29, 1.82) is 0 Å². The summed E-state index contributed by atoms with van der Waals surface area (Å²) in [6.07, 6.45) is -3.69. The quantitative estimate of drug-likeness (QED) is 0.610. The highest BCUT2D eigenvalue weighted by atomic mass is 79.9. The number of alkyl halides is 5. The number of halogens is 5. The highest BCUT2D eigenvalue weighted by Gasteiger charge is 2.61. The second kappa shape index (κ2) is 4.02. The van der Waals surface area contributed by atoms with Crippen LogP contribution in [0.5, 0.6) is 0 Å². The van der Waals surface area contributed by atoms with E-state index >= 15 is 0 Å². The molecule has 0 aromatic rings. The van der Waals surface area contributed by atoms with E-state index in [1.165, 1.54) is 0 Å². The first-order valence-corrected chi connectivity index (χ1v) is 4.92. The third-order valence-corrected chi connectivity index (χ3v) is 3.41. The van der Waals surface area contributed by atoms with Crippen LogP contribution in [0.2, 0.25) is 0 Å². The Morgan fingerprint density at radius 2 is 1.71 bits per heavy atom. The zero-order valence-corrected chi connectivity index (χ0v) is 10.3. The van der Waals surface area contributed by atoms with Crippen molar-refractivity contribution in [3.8, 4) is 0 Å². The van der Waals surface area contributed by atoms with Crippen LogP contribution in [0.15, 0.2) is 11.6 Å². The topological polar surface area (TPSA) is 20.2 Å². The van der Waals surface area contributed by atoms with Gasteiger partial charge in [-0.2, -0.15) is 13.2 Å². The van der Waals surface area contributed by atoms with E-state index in [4.69, 9.17) is 11.6 Å². The summed E-state index contributed by atoms with van der Waals surface area (Å²) in [5.74, 6) is 0. The second-order valence-electron chi connectivity index (χ2n) is 3.44. The van der Waals surface area contributed by atoms with Crippen LogP contribution in [0.1, 0.15) is 20.8 Å². The molecule has 0 heterocycles. The third kappa shape index (κ3) is 2.87. The van der Waals surface area contributed by atoms with E-state index in [2.05, 4.69) is 15.9 Å². The fourth-order valence-electron chi connectivity index (χ4n) is 0.940. The van der Waals surface area contributed by atoms with Crippen molar-refractivity contribution in [1.82, 2.24) is 0 Å². The lowest BCUT2D eigenvalue weighted by Crippen LogP contribution is -2.52. The van der Waals surface area contributed by atoms with Gasteiger partial charge in [0, 0.05) is 0 Å². The summed E-state index contributed by atoms with van der Waals surface area (Å²) in [4.78, 5) is 0. The van der Waals surface area contributed by atoms with Gasteiger partial charge in [-0.25, -0.2) is 0 Å². The molecule has 0 aliphatic heterocycles. The fourth-order valence-corrected chi connectivity index (χ4v) is 1.11. The number of allylic oxidation sites excluding steroid dienone is 1. The van der Waals surface area contributed by atoms with E-state index in [1.54, 1.807) is 13.8 Å². The molecule has 1 N–H and O–H groups in total. The molecule has 0 aromatic carbocycles. The Bertz CT molecular complexity index is 241. The van der Waals surface area contributed by atoms with Crippen molar-refractivity contribution in [3.05, 3.63) is 11.6 Å². The summed E-state index contributed by atoms with van der Waals surface area (Å²) in [5.41, 5.74) is -1.66. The van der Waals surface area contributed by atoms with Gasteiger partial charge in [-0.3, -0.25) is 0 Å². The van der Waals surface area contributed by atoms with Crippen LogP contribution in [0.4, 0.5) is 13.2 Å². The van der Waals surface area contributed by atoms with Gasteiger partial charge in [0.2, 0.25) is 3.78 Å². The number of hydrogen-bond donors (Lipinski definition) is 1. The van der Waals surface area contributed by atoms with Gasteiger partial charge in [-0.1, -0.05) is 39.2 Å². The maximum atomic E-state index is 12.4. The third-order valence-electron chi connectivity index (χ3n) is 1.56. The van der Waals surface area contributed by atoms with E-state index < -0.39 is 15.6 Å². The van der Waals surface area contributed by atoms with E-state index in [1.807, 2.05) is 0 Å². The summed E-state index contributed by atoms with van der Waals surface area (Å²) < 4.78 is 34.4. The van der Waals surface area contributed by atoms with Gasteiger partial charge in [-0.15, -0.1) is 0 Å². The Labute approximate surface area is 94.1 Å². The maximum absolute atomic E-state index is 12.4. The SMILES string of the molecule is CC(C)=CC(C)(O)C(Cl)(Br)C(F)(F)F. The largest absolute Gasteiger partial charge is 0.420 e. The van der Waals surface area contributed by atoms with Crippen LogP contribution in [-0.4, -0.2) is 20.7 Å². The summed E-state index contributed by atoms with van der Waals surface area (Å²) in [6.45, 7) is 4.14. The van der Waals surface area contributed by atoms with E-state index in [-0.39, 0.29) is 0 Å². The lowest BCUT2D eigenvalue weighted by atomic mass is 9.98. The first-order valence-electron chi connectivity index (χ1n) is 3.75. The molecule has 1 nitrogen and oxygen atoms in total. The second-order valence-corrected chi connectivity index (χ2v) is 5.65. The zero-order valence-electron chi connectivity index (χ0n) is 7.91. The molecule has 0 radical (unpaired) electrons. The first-order chi connectivity index (χ1) is 5.92. The maximum Gasteiger partial charge on any atom is 0.420 e. The molecule has 0 fully saturated rings. The summed E-state index contributed by atoms with van der Waals surface area (Å²) in [7, 11) is 0. The average Bonchev–Trinajstić information content (AvgIpc) is 1.80. The molecule has 0 spiro atoms. The van der Waals surface area contributed by atoms with E-state index in [0.29, 0.717) is 5.57 Å². The molecular formula is C8H11BrClF3O. The minimum Gasteiger partial charge on any atom is -0.383 e. The lowest BCUT2D eigenvalue weighted by molar-refractivity contribution is -0.167. The molecule has 0 aliphatic rings. The van der Waals surface area contributed by atoms with Gasteiger partial charge in [0.05, 0.1) is 0 Å². The van der Waals surface area contributed by atoms with E-state index in [9.17, 15) is 18.3 Å². The van der Waals surface area contributed by atoms with Crippen molar-refractivity contribution in [2.24, 2.45) is 0 Å². The molecule has 0 bridgehead atoms. The standard InChI is InChI=1S/C8H11BrClF3O/c1-5(2)4-6(3,14)7(9,10)8(11,12)13/h4,14H,1-3H3. The molecule has 2 atom stereocenters. The van der Waals surface area contributed by atoms with Crippen molar-refractivity contribution >= 4 is 27.5 Å². The molecule has 2 unspecified atom stereocenters. The molecule has 0 saturated carbocycles. The van der Waals surface area contributed by atoms with Crippen molar-refractivity contribution < 1.29 is 18.3 Å². The van der Waals surface area contributed by atoms with Gasteiger partial charge in [0.25, 0.3) is 0 Å². The van der Waals surface area contributed by atoms with E-state index in [0.717, 1.165) is 13.0 Å². The number of rotatable bonds is 2. The highest BCUT2D eigenvalue weighted by molar-refractivity contribution is 9.10. The summed E-state index contributed by atoms with van der Waals surface area (Å²) in [6, 6.07) is 0. The molecule has 14 heavy (non-hydrogen) atoms. The van der Waals surface area contributed by atoms with Crippen molar-refractivity contribution in [3.63, 3.8) is 0 Å². The normalized spacial score (nSPS) is 20.9. The molecule has 0 saturated heterocycles. The zero-order chi connectivity index (χ0) is 11.8. The van der Waals surface area contributed by atoms with Gasteiger partial charge in [-0.05, 0) is 20.8 Å². The smallest absolute Gasteiger partial charge is 0.383 e. The lowest BCUT2D eigenvalue weighted by Gasteiger charge is -2.35. The van der Waals surface area contributed by atoms with Crippen LogP contribution in [0.25, 0.3) is 0 Å². The highest BCUT2D eigenvalue weighted by Crippen LogP contribution is 2.49.